The van der Waals surface area contributed by atoms with Crippen LogP contribution in [0.4, 0.5) is 0 Å². The van der Waals surface area contributed by atoms with Crippen LogP contribution in [0.5, 0.6) is 0 Å². The molecular weight excluding hydrogens is 785 g/mol. The van der Waals surface area contributed by atoms with Gasteiger partial charge in [-0.3, -0.25) is 4.57 Å². The lowest BCUT2D eigenvalue weighted by Gasteiger charge is -2.16. The molecule has 4 heterocycles. The van der Waals surface area contributed by atoms with Gasteiger partial charge in [0.1, 0.15) is 0 Å². The third-order valence-corrected chi connectivity index (χ3v) is 14.3. The van der Waals surface area contributed by atoms with Gasteiger partial charge < -0.3 is 4.57 Å². The first-order valence-corrected chi connectivity index (χ1v) is 22.9. The Hall–Kier alpha value is -7.60. The number of benzene rings is 9. The van der Waals surface area contributed by atoms with E-state index in [1.807, 2.05) is 25.2 Å². The lowest BCUT2D eigenvalue weighted by Crippen LogP contribution is -2.31. The van der Waals surface area contributed by atoms with Gasteiger partial charge in [0.15, 0.2) is 0 Å². The van der Waals surface area contributed by atoms with E-state index < -0.39 is 0 Å². The van der Waals surface area contributed by atoms with Crippen LogP contribution in [0.1, 0.15) is 26.7 Å². The number of rotatable bonds is 3. The molecule has 63 heavy (non-hydrogen) atoms. The zero-order chi connectivity index (χ0) is 41.8. The molecular formula is C58H40N4S. The molecule has 0 saturated heterocycles. The van der Waals surface area contributed by atoms with Crippen molar-refractivity contribution in [1.82, 2.24) is 19.1 Å². The third kappa shape index (κ3) is 5.21. The smallest absolute Gasteiger partial charge is 0.235 e. The zero-order valence-electron chi connectivity index (χ0n) is 34.9. The summed E-state index contributed by atoms with van der Waals surface area (Å²) in [7, 11) is 0. The summed E-state index contributed by atoms with van der Waals surface area (Å²) in [6.45, 7) is 4.00. The molecule has 0 spiro atoms. The summed E-state index contributed by atoms with van der Waals surface area (Å²) in [5.74, 6) is 0.690. The average Bonchev–Trinajstić information content (AvgIpc) is 4.01. The fraction of sp³-hybridized carbons (Fsp3) is 0.0690. The Balaban J connectivity index is 0.00000198. The molecule has 0 radical (unpaired) electrons. The van der Waals surface area contributed by atoms with Crippen molar-refractivity contribution >= 4 is 120 Å². The van der Waals surface area contributed by atoms with E-state index in [4.69, 9.17) is 9.97 Å². The highest BCUT2D eigenvalue weighted by Crippen LogP contribution is 2.43. The van der Waals surface area contributed by atoms with Crippen LogP contribution in [-0.2, 0) is 0 Å². The molecule has 1 aliphatic carbocycles. The van der Waals surface area contributed by atoms with Crippen LogP contribution in [0.3, 0.4) is 0 Å². The van der Waals surface area contributed by atoms with Crippen molar-refractivity contribution in [2.45, 2.75) is 26.7 Å². The normalized spacial score (nSPS) is 12.7. The minimum atomic E-state index is 0.690. The van der Waals surface area contributed by atoms with E-state index in [9.17, 15) is 0 Å². The summed E-state index contributed by atoms with van der Waals surface area (Å²) < 4.78 is 7.37. The highest BCUT2D eigenvalue weighted by molar-refractivity contribution is 7.26. The van der Waals surface area contributed by atoms with Crippen LogP contribution in [-0.4, -0.2) is 19.1 Å². The molecule has 298 valence electrons. The lowest BCUT2D eigenvalue weighted by molar-refractivity contribution is 0.939. The van der Waals surface area contributed by atoms with Gasteiger partial charge in [0.2, 0.25) is 5.95 Å². The van der Waals surface area contributed by atoms with Crippen LogP contribution in [0.25, 0.3) is 131 Å². The number of fused-ring (bicyclic) bond motifs is 17. The summed E-state index contributed by atoms with van der Waals surface area (Å²) in [4.78, 5) is 11.5. The van der Waals surface area contributed by atoms with Crippen LogP contribution >= 0.6 is 11.3 Å². The molecule has 9 aromatic carbocycles. The van der Waals surface area contributed by atoms with E-state index in [2.05, 4.69) is 191 Å². The quantitative estimate of drug-likeness (QED) is 0.166. The molecule has 0 amide bonds. The Morgan fingerprint density at radius 3 is 1.98 bits per heavy atom. The molecule has 0 N–H and O–H groups in total. The van der Waals surface area contributed by atoms with Gasteiger partial charge in [-0.15, -0.1) is 11.3 Å². The van der Waals surface area contributed by atoms with Crippen molar-refractivity contribution in [3.8, 4) is 22.9 Å². The Kier molecular flexibility index (Phi) is 8.00. The van der Waals surface area contributed by atoms with Crippen molar-refractivity contribution in [2.24, 2.45) is 0 Å². The van der Waals surface area contributed by atoms with Crippen molar-refractivity contribution < 1.29 is 0 Å². The van der Waals surface area contributed by atoms with Crippen LogP contribution in [0.15, 0.2) is 170 Å². The number of nitrogens with zero attached hydrogens (tertiary/aromatic N) is 4. The van der Waals surface area contributed by atoms with Crippen LogP contribution in [0.2, 0.25) is 0 Å². The summed E-state index contributed by atoms with van der Waals surface area (Å²) in [6, 6.07) is 62.1. The number of para-hydroxylation sites is 2. The van der Waals surface area contributed by atoms with Gasteiger partial charge in [-0.1, -0.05) is 147 Å². The maximum Gasteiger partial charge on any atom is 0.235 e. The molecule has 4 nitrogen and oxygen atoms in total. The van der Waals surface area contributed by atoms with Gasteiger partial charge in [0, 0.05) is 69.0 Å². The Labute approximate surface area is 366 Å². The topological polar surface area (TPSA) is 35.6 Å². The lowest BCUT2D eigenvalue weighted by atomic mass is 9.94. The third-order valence-electron chi connectivity index (χ3n) is 13.1. The number of thiophene rings is 1. The van der Waals surface area contributed by atoms with Gasteiger partial charge in [0.05, 0.1) is 33.1 Å². The second-order valence-corrected chi connectivity index (χ2v) is 17.4. The number of aromatic nitrogens is 4. The molecule has 0 fully saturated rings. The van der Waals surface area contributed by atoms with E-state index in [-0.39, 0.29) is 0 Å². The summed E-state index contributed by atoms with van der Waals surface area (Å²) >= 11 is 1.88. The number of hydrogen-bond acceptors (Lipinski definition) is 3. The van der Waals surface area contributed by atoms with Crippen molar-refractivity contribution in [3.05, 3.63) is 180 Å². The predicted octanol–water partition coefficient (Wildman–Crippen LogP) is 14.5. The van der Waals surface area contributed by atoms with Crippen molar-refractivity contribution in [3.63, 3.8) is 0 Å². The SMILES string of the molecule is C1=c2c(n(-c3nc(-c4ccc5c(c4)c4ccccc4n5-c4ccccc4)c4c5ccccc5c5ccccc5c4n3)c3cc4c(ccc5c6ccccc6sc45)cc23)=CCC1.CC. The van der Waals surface area contributed by atoms with Gasteiger partial charge >= 0.3 is 0 Å². The van der Waals surface area contributed by atoms with E-state index >= 15 is 0 Å². The molecule has 5 heteroatoms. The molecule has 14 rings (SSSR count). The molecule has 0 atom stereocenters. The predicted molar refractivity (Wildman–Crippen MR) is 270 cm³/mol. The molecule has 0 aliphatic heterocycles. The monoisotopic (exact) mass is 824 g/mol. The Bertz CT molecular complexity index is 4170. The first-order valence-electron chi connectivity index (χ1n) is 22.1. The first kappa shape index (κ1) is 36.1. The number of hydrogen-bond donors (Lipinski definition) is 0. The molecule has 1 aliphatic rings. The minimum absolute atomic E-state index is 0.690. The molecule has 0 saturated carbocycles. The van der Waals surface area contributed by atoms with E-state index in [0.29, 0.717) is 5.95 Å². The highest BCUT2D eigenvalue weighted by Gasteiger charge is 2.23. The Morgan fingerprint density at radius 1 is 0.460 bits per heavy atom. The van der Waals surface area contributed by atoms with E-state index in [1.165, 1.54) is 79.5 Å². The highest BCUT2D eigenvalue weighted by atomic mass is 32.1. The molecule has 4 aromatic heterocycles. The van der Waals surface area contributed by atoms with Gasteiger partial charge in [0.25, 0.3) is 0 Å². The largest absolute Gasteiger partial charge is 0.309 e. The van der Waals surface area contributed by atoms with Crippen LogP contribution in [0, 0.1) is 0 Å². The molecule has 13 aromatic rings. The fourth-order valence-corrected chi connectivity index (χ4v) is 11.7. The molecule has 0 unspecified atom stereocenters. The average molecular weight is 825 g/mol. The maximum atomic E-state index is 5.77. The van der Waals surface area contributed by atoms with Gasteiger partial charge in [-0.05, 0) is 82.9 Å². The minimum Gasteiger partial charge on any atom is -0.309 e. The van der Waals surface area contributed by atoms with E-state index in [0.717, 1.165) is 57.0 Å². The summed E-state index contributed by atoms with van der Waals surface area (Å²) in [5.41, 5.74) is 7.59. The first-order chi connectivity index (χ1) is 31.3. The molecule has 0 bridgehead atoms. The zero-order valence-corrected chi connectivity index (χ0v) is 35.7. The van der Waals surface area contributed by atoms with Gasteiger partial charge in [-0.2, -0.15) is 0 Å². The fourth-order valence-electron chi connectivity index (χ4n) is 10.5. The standard InChI is InChI=1S/C56H34N4S.C2H6/c1-2-14-35(15-3-1)59-47-23-11-8-18-38(47)45-31-34(27-29-49(45)59)53-52-41-21-6-4-16-36(41)37-17-5-7-22-42(37)54(52)58-56(57-53)60-48-24-12-9-19-39(48)46-30-33-26-28-43-40-20-10-13-25-51(40)61-55(43)44(33)32-50(46)60;1-2/h1-8,10-11,13-32H,9,12H2;1-2H3. The Morgan fingerprint density at radius 2 is 1.14 bits per heavy atom. The van der Waals surface area contributed by atoms with Crippen molar-refractivity contribution in [2.75, 3.05) is 0 Å². The van der Waals surface area contributed by atoms with E-state index in [1.54, 1.807) is 0 Å². The van der Waals surface area contributed by atoms with Gasteiger partial charge in [-0.25, -0.2) is 9.97 Å². The van der Waals surface area contributed by atoms with Crippen molar-refractivity contribution in [1.29, 1.82) is 0 Å². The second-order valence-electron chi connectivity index (χ2n) is 16.4. The maximum absolute atomic E-state index is 5.77. The second kappa shape index (κ2) is 14.0. The summed E-state index contributed by atoms with van der Waals surface area (Å²) in [6.07, 6.45) is 6.79. The van der Waals surface area contributed by atoms with Crippen LogP contribution < -0.4 is 10.6 Å². The summed E-state index contributed by atoms with van der Waals surface area (Å²) in [5, 5.41) is 17.0.